The molecule has 86 heavy (non-hydrogen) atoms. The number of fused-ring (bicyclic) bond motifs is 2. The Morgan fingerprint density at radius 3 is 1.05 bits per heavy atom. The molecule has 8 unspecified atom stereocenters. The predicted molar refractivity (Wildman–Crippen MR) is 335 cm³/mol. The van der Waals surface area contributed by atoms with Crippen molar-refractivity contribution in [3.63, 3.8) is 0 Å². The average molecular weight is 1180 g/mol. The van der Waals surface area contributed by atoms with Crippen LogP contribution in [0, 0.1) is 17.8 Å². The van der Waals surface area contributed by atoms with Crippen molar-refractivity contribution in [3.05, 3.63) is 217 Å². The molecule has 8 rings (SSSR count). The molecule has 0 aliphatic heterocycles. The molecule has 0 bridgehead atoms. The van der Waals surface area contributed by atoms with Crippen molar-refractivity contribution < 1.29 is 66.7 Å². The molecule has 0 N–H and O–H groups in total. The third-order valence-electron chi connectivity index (χ3n) is 16.7. The van der Waals surface area contributed by atoms with Crippen molar-refractivity contribution in [2.24, 2.45) is 17.8 Å². The van der Waals surface area contributed by atoms with Crippen LogP contribution in [0.25, 0.3) is 5.57 Å². The van der Waals surface area contributed by atoms with E-state index in [2.05, 4.69) is 63.1 Å². The van der Waals surface area contributed by atoms with Gasteiger partial charge in [0.25, 0.3) is 0 Å². The molecule has 14 nitrogen and oxygen atoms in total. The summed E-state index contributed by atoms with van der Waals surface area (Å²) in [5, 5.41) is 0. The third-order valence-corrected chi connectivity index (χ3v) is 16.7. The van der Waals surface area contributed by atoms with Gasteiger partial charge in [-0.3, -0.25) is 4.79 Å². The van der Waals surface area contributed by atoms with Gasteiger partial charge in [0.1, 0.15) is 0 Å². The topological polar surface area (TPSA) is 184 Å². The fourth-order valence-corrected chi connectivity index (χ4v) is 10.1. The molecule has 0 fully saturated rings. The van der Waals surface area contributed by atoms with Crippen molar-refractivity contribution in [3.8, 4) is 0 Å². The quantitative estimate of drug-likeness (QED) is 0.0786. The van der Waals surface area contributed by atoms with Gasteiger partial charge in [0, 0.05) is 0 Å². The van der Waals surface area contributed by atoms with Gasteiger partial charge in [0.2, 0.25) is 0 Å². The molecule has 0 spiro atoms. The Hall–Kier alpha value is -8.65. The van der Waals surface area contributed by atoms with E-state index in [9.17, 15) is 33.6 Å². The van der Waals surface area contributed by atoms with E-state index in [0.717, 1.165) is 35.1 Å². The Kier molecular flexibility index (Phi) is 27.4. The molecular weight excluding hydrogens is 1090 g/mol. The summed E-state index contributed by atoms with van der Waals surface area (Å²) < 4.78 is 32.8. The van der Waals surface area contributed by atoms with E-state index >= 15 is 0 Å². The first-order valence-corrected chi connectivity index (χ1v) is 28.8. The van der Waals surface area contributed by atoms with Crippen molar-refractivity contribution >= 4 is 47.4 Å². The minimum Gasteiger partial charge on any atom is -0.469 e. The van der Waals surface area contributed by atoms with Gasteiger partial charge < -0.3 is 33.2 Å². The molecule has 14 heteroatoms. The number of allylic oxidation sites excluding steroid dienone is 2. The first-order chi connectivity index (χ1) is 40.9. The van der Waals surface area contributed by atoms with E-state index in [1.54, 1.807) is 48.5 Å². The summed E-state index contributed by atoms with van der Waals surface area (Å²) in [6, 6.07) is 41.2. The molecular formula is C72H86O14. The molecule has 2 aliphatic carbocycles. The standard InChI is InChI=1S/C20H22O4.C14H18O4.2C13H16O2.C12H14O2/c1-13(15-5-9-17(10-6-15)19(21)23-3)14(2)16-7-11-18(12-8-16)20(22)24-4;1-9(10(2)13(15)17-3)11-5-7-12(8-6-11)14(16)18-4;1-8-6-11-7-10(13(14)15-3)4-5-12(11)9(8)2;1-8-6-10-4-5-11(13(14)15-3)7-12(10)9(8)2;1-4-9(2)10-5-7-11(8-6-10)12(13)14-3/h5-14H,1-4H3;5-10H,1-4H3;2*4-5,7-9H,6H2,1-3H3;4-8H,1-3H3/b;;;;9-4-. The Morgan fingerprint density at radius 1 is 0.372 bits per heavy atom. The molecule has 458 valence electrons. The first kappa shape index (κ1) is 69.8. The van der Waals surface area contributed by atoms with Gasteiger partial charge in [-0.25, -0.2) is 28.8 Å². The van der Waals surface area contributed by atoms with Crippen molar-refractivity contribution in [2.75, 3.05) is 49.8 Å². The number of esters is 7. The fraction of sp³-hybridized carbons (Fsp3) is 0.375. The zero-order valence-electron chi connectivity index (χ0n) is 53.0. The summed E-state index contributed by atoms with van der Waals surface area (Å²) in [5.74, 6) is 0.780. The normalized spacial score (nSPS) is 16.5. The van der Waals surface area contributed by atoms with Gasteiger partial charge in [-0.05, 0) is 191 Å². The van der Waals surface area contributed by atoms with Gasteiger partial charge in [-0.1, -0.05) is 122 Å². The second kappa shape index (κ2) is 33.7. The van der Waals surface area contributed by atoms with Gasteiger partial charge >= 0.3 is 41.8 Å². The summed E-state index contributed by atoms with van der Waals surface area (Å²) in [5.41, 5.74) is 14.5. The Bertz CT molecular complexity index is 3200. The number of carbonyl (C=O) groups is 7. The molecule has 0 saturated heterocycles. The lowest BCUT2D eigenvalue weighted by Crippen LogP contribution is -2.18. The molecule has 6 aromatic carbocycles. The fourth-order valence-electron chi connectivity index (χ4n) is 10.1. The van der Waals surface area contributed by atoms with Crippen LogP contribution in [-0.2, 0) is 50.8 Å². The highest BCUT2D eigenvalue weighted by molar-refractivity contribution is 5.92. The summed E-state index contributed by atoms with van der Waals surface area (Å²) in [6.45, 7) is 21.1. The van der Waals surface area contributed by atoms with Gasteiger partial charge in [-0.15, -0.1) is 0 Å². The summed E-state index contributed by atoms with van der Waals surface area (Å²) in [7, 11) is 9.69. The van der Waals surface area contributed by atoms with E-state index in [1.165, 1.54) is 77.6 Å². The lowest BCUT2D eigenvalue weighted by Gasteiger charge is -2.21. The average Bonchev–Trinajstić information content (AvgIpc) is 4.27. The summed E-state index contributed by atoms with van der Waals surface area (Å²) in [4.78, 5) is 79.6. The third kappa shape index (κ3) is 18.7. The highest BCUT2D eigenvalue weighted by atomic mass is 16.5. The van der Waals surface area contributed by atoms with Crippen LogP contribution < -0.4 is 0 Å². The molecule has 8 atom stereocenters. The highest BCUT2D eigenvalue weighted by Crippen LogP contribution is 2.39. The minimum atomic E-state index is -0.366. The van der Waals surface area contributed by atoms with Gasteiger partial charge in [0.05, 0.1) is 89.1 Å². The van der Waals surface area contributed by atoms with Crippen molar-refractivity contribution in [2.45, 2.75) is 112 Å². The maximum atomic E-state index is 11.5. The van der Waals surface area contributed by atoms with E-state index < -0.39 is 0 Å². The Labute approximate surface area is 508 Å². The second-order valence-corrected chi connectivity index (χ2v) is 21.8. The number of hydrogen-bond acceptors (Lipinski definition) is 14. The lowest BCUT2D eigenvalue weighted by atomic mass is 9.83. The summed E-state index contributed by atoms with van der Waals surface area (Å²) >= 11 is 0. The number of ether oxygens (including phenoxy) is 7. The number of carbonyl (C=O) groups excluding carboxylic acids is 7. The molecule has 0 aromatic heterocycles. The van der Waals surface area contributed by atoms with Crippen LogP contribution in [0.2, 0.25) is 0 Å². The zero-order valence-corrected chi connectivity index (χ0v) is 53.0. The maximum absolute atomic E-state index is 11.5. The molecule has 0 heterocycles. The van der Waals surface area contributed by atoms with Gasteiger partial charge in [-0.2, -0.15) is 0 Å². The second-order valence-electron chi connectivity index (χ2n) is 21.8. The van der Waals surface area contributed by atoms with Crippen LogP contribution in [0.3, 0.4) is 0 Å². The lowest BCUT2D eigenvalue weighted by molar-refractivity contribution is -0.145. The number of rotatable bonds is 13. The number of hydrogen-bond donors (Lipinski definition) is 0. The van der Waals surface area contributed by atoms with Crippen LogP contribution >= 0.6 is 0 Å². The van der Waals surface area contributed by atoms with E-state index in [1.807, 2.05) is 107 Å². The van der Waals surface area contributed by atoms with E-state index in [-0.39, 0.29) is 65.5 Å². The maximum Gasteiger partial charge on any atom is 0.337 e. The van der Waals surface area contributed by atoms with Crippen LogP contribution in [-0.4, -0.2) is 91.6 Å². The predicted octanol–water partition coefficient (Wildman–Crippen LogP) is 15.0. The van der Waals surface area contributed by atoms with Crippen LogP contribution in [0.5, 0.6) is 0 Å². The number of benzene rings is 6. The number of methoxy groups -OCH3 is 7. The molecule has 0 amide bonds. The van der Waals surface area contributed by atoms with Gasteiger partial charge in [0.15, 0.2) is 0 Å². The Balaban J connectivity index is 0.000000234. The first-order valence-electron chi connectivity index (χ1n) is 28.8. The molecule has 2 aliphatic rings. The molecule has 0 radical (unpaired) electrons. The highest BCUT2D eigenvalue weighted by Gasteiger charge is 2.28. The smallest absolute Gasteiger partial charge is 0.337 e. The monoisotopic (exact) mass is 1170 g/mol. The Morgan fingerprint density at radius 2 is 0.674 bits per heavy atom. The summed E-state index contributed by atoms with van der Waals surface area (Å²) in [6.07, 6.45) is 4.23. The van der Waals surface area contributed by atoms with Crippen molar-refractivity contribution in [1.29, 1.82) is 0 Å². The SMILES string of the molecule is C/C=C(/C)c1ccc(C(=O)OC)cc1.COC(=O)c1ccc(C(C)C(C)C(=O)OC)cc1.COC(=O)c1ccc(C(C)C(C)c2ccc(C(=O)OC)cc2)cc1.COC(=O)c1ccc2c(c1)C(C)C(C)C2.COC(=O)c1ccc2c(c1)CC(C)C2C. The molecule has 6 aromatic rings. The van der Waals surface area contributed by atoms with E-state index in [0.29, 0.717) is 57.1 Å². The van der Waals surface area contributed by atoms with Crippen LogP contribution in [0.1, 0.15) is 205 Å². The van der Waals surface area contributed by atoms with Crippen molar-refractivity contribution in [1.82, 2.24) is 0 Å². The minimum absolute atomic E-state index is 0.0316. The van der Waals surface area contributed by atoms with Crippen LogP contribution in [0.15, 0.2) is 140 Å². The zero-order chi connectivity index (χ0) is 63.9. The largest absolute Gasteiger partial charge is 0.469 e. The van der Waals surface area contributed by atoms with E-state index in [4.69, 9.17) is 23.7 Å². The molecule has 0 saturated carbocycles. The van der Waals surface area contributed by atoms with Crippen LogP contribution in [0.4, 0.5) is 0 Å².